The summed E-state index contributed by atoms with van der Waals surface area (Å²) in [7, 11) is 0. The van der Waals surface area contributed by atoms with Crippen LogP contribution in [-0.4, -0.2) is 33.0 Å². The van der Waals surface area contributed by atoms with Crippen LogP contribution in [0.2, 0.25) is 0 Å². The van der Waals surface area contributed by atoms with Crippen LogP contribution in [0.25, 0.3) is 5.69 Å². The zero-order chi connectivity index (χ0) is 20.5. The van der Waals surface area contributed by atoms with Crippen LogP contribution in [0.4, 0.5) is 5.69 Å². The summed E-state index contributed by atoms with van der Waals surface area (Å²) in [4.78, 5) is 26.8. The van der Waals surface area contributed by atoms with E-state index < -0.39 is 0 Å². The number of likely N-dealkylation sites (tertiary alicyclic amines) is 1. The summed E-state index contributed by atoms with van der Waals surface area (Å²) in [5.74, 6) is 0.129. The maximum absolute atomic E-state index is 12.9. The van der Waals surface area contributed by atoms with Gasteiger partial charge < -0.3 is 14.6 Å². The zero-order valence-corrected chi connectivity index (χ0v) is 16.8. The fraction of sp³-hybridized carbons (Fsp3) is 0.318. The summed E-state index contributed by atoms with van der Waals surface area (Å²) < 4.78 is 7.14. The topological polar surface area (TPSA) is 80.4 Å². The monoisotopic (exact) mass is 392 g/mol. The van der Waals surface area contributed by atoms with Gasteiger partial charge in [-0.25, -0.2) is 4.68 Å². The fourth-order valence-electron chi connectivity index (χ4n) is 3.68. The van der Waals surface area contributed by atoms with Gasteiger partial charge in [-0.1, -0.05) is 17.7 Å². The maximum atomic E-state index is 12.9. The SMILES string of the molecule is Cc1ccc(-n2nc(C)c(NC(=O)[C@H]3CC(=O)N(Cc4ccco4)C3)c2C)cc1. The molecular formula is C22H24N4O3. The Hall–Kier alpha value is -3.35. The second-order valence-corrected chi connectivity index (χ2v) is 7.54. The molecule has 3 heterocycles. The molecule has 29 heavy (non-hydrogen) atoms. The molecule has 1 saturated heterocycles. The molecule has 0 aliphatic carbocycles. The van der Waals surface area contributed by atoms with Crippen LogP contribution in [0.5, 0.6) is 0 Å². The van der Waals surface area contributed by atoms with Crippen LogP contribution in [0.3, 0.4) is 0 Å². The smallest absolute Gasteiger partial charge is 0.229 e. The third-order valence-corrected chi connectivity index (χ3v) is 5.33. The number of rotatable bonds is 5. The second kappa shape index (κ2) is 7.58. The van der Waals surface area contributed by atoms with Gasteiger partial charge in [0, 0.05) is 13.0 Å². The molecule has 1 aromatic carbocycles. The molecule has 3 aromatic rings. The number of anilines is 1. The molecule has 0 spiro atoms. The van der Waals surface area contributed by atoms with Crippen molar-refractivity contribution >= 4 is 17.5 Å². The molecule has 150 valence electrons. The van der Waals surface area contributed by atoms with E-state index in [0.29, 0.717) is 24.5 Å². The van der Waals surface area contributed by atoms with Crippen molar-refractivity contribution in [2.24, 2.45) is 5.92 Å². The fourth-order valence-corrected chi connectivity index (χ4v) is 3.68. The normalized spacial score (nSPS) is 16.4. The lowest BCUT2D eigenvalue weighted by molar-refractivity contribution is -0.128. The highest BCUT2D eigenvalue weighted by Gasteiger charge is 2.35. The van der Waals surface area contributed by atoms with Crippen molar-refractivity contribution in [2.45, 2.75) is 33.7 Å². The van der Waals surface area contributed by atoms with Gasteiger partial charge in [0.1, 0.15) is 5.76 Å². The van der Waals surface area contributed by atoms with E-state index in [4.69, 9.17) is 4.42 Å². The Morgan fingerprint density at radius 3 is 2.66 bits per heavy atom. The first-order chi connectivity index (χ1) is 13.9. The van der Waals surface area contributed by atoms with Crippen LogP contribution in [0.1, 0.15) is 29.1 Å². The van der Waals surface area contributed by atoms with Crippen molar-refractivity contribution in [1.29, 1.82) is 0 Å². The van der Waals surface area contributed by atoms with Crippen molar-refractivity contribution in [3.63, 3.8) is 0 Å². The van der Waals surface area contributed by atoms with E-state index in [9.17, 15) is 9.59 Å². The molecule has 1 fully saturated rings. The summed E-state index contributed by atoms with van der Waals surface area (Å²) >= 11 is 0. The van der Waals surface area contributed by atoms with E-state index in [2.05, 4.69) is 10.4 Å². The van der Waals surface area contributed by atoms with Crippen LogP contribution < -0.4 is 5.32 Å². The average Bonchev–Trinajstić information content (AvgIpc) is 3.40. The Bertz CT molecular complexity index is 1030. The molecule has 7 heteroatoms. The highest BCUT2D eigenvalue weighted by molar-refractivity contribution is 5.98. The predicted octanol–water partition coefficient (Wildman–Crippen LogP) is 3.38. The molecule has 0 bridgehead atoms. The van der Waals surface area contributed by atoms with Crippen molar-refractivity contribution in [3.05, 3.63) is 65.4 Å². The first-order valence-electron chi connectivity index (χ1n) is 9.66. The van der Waals surface area contributed by atoms with Crippen LogP contribution in [-0.2, 0) is 16.1 Å². The number of hydrogen-bond donors (Lipinski definition) is 1. The number of nitrogens with zero attached hydrogens (tertiary/aromatic N) is 3. The molecule has 7 nitrogen and oxygen atoms in total. The lowest BCUT2D eigenvalue weighted by Gasteiger charge is -2.15. The summed E-state index contributed by atoms with van der Waals surface area (Å²) in [6.45, 7) is 6.61. The van der Waals surface area contributed by atoms with Crippen molar-refractivity contribution in [3.8, 4) is 5.69 Å². The molecule has 1 aliphatic heterocycles. The summed E-state index contributed by atoms with van der Waals surface area (Å²) in [5, 5.41) is 7.58. The number of aryl methyl sites for hydroxylation is 2. The molecule has 0 radical (unpaired) electrons. The van der Waals surface area contributed by atoms with Crippen LogP contribution >= 0.6 is 0 Å². The molecule has 2 amide bonds. The third-order valence-electron chi connectivity index (χ3n) is 5.33. The van der Waals surface area contributed by atoms with Gasteiger partial charge in [0.2, 0.25) is 11.8 Å². The maximum Gasteiger partial charge on any atom is 0.229 e. The number of amides is 2. The lowest BCUT2D eigenvalue weighted by atomic mass is 10.1. The Balaban J connectivity index is 1.47. The number of hydrogen-bond acceptors (Lipinski definition) is 4. The van der Waals surface area contributed by atoms with Gasteiger partial charge in [-0.05, 0) is 45.0 Å². The van der Waals surface area contributed by atoms with Crippen molar-refractivity contribution < 1.29 is 14.0 Å². The number of carbonyl (C=O) groups excluding carboxylic acids is 2. The first kappa shape index (κ1) is 19.0. The van der Waals surface area contributed by atoms with Gasteiger partial charge in [0.15, 0.2) is 0 Å². The van der Waals surface area contributed by atoms with E-state index in [1.54, 1.807) is 17.2 Å². The van der Waals surface area contributed by atoms with Gasteiger partial charge in [-0.15, -0.1) is 0 Å². The Morgan fingerprint density at radius 2 is 1.97 bits per heavy atom. The van der Waals surface area contributed by atoms with E-state index >= 15 is 0 Å². The molecule has 2 aromatic heterocycles. The molecule has 1 aliphatic rings. The minimum Gasteiger partial charge on any atom is -0.467 e. The first-order valence-corrected chi connectivity index (χ1v) is 9.66. The van der Waals surface area contributed by atoms with E-state index in [1.165, 1.54) is 5.56 Å². The zero-order valence-electron chi connectivity index (χ0n) is 16.8. The summed E-state index contributed by atoms with van der Waals surface area (Å²) in [6, 6.07) is 11.7. The van der Waals surface area contributed by atoms with Gasteiger partial charge in [0.05, 0.1) is 41.5 Å². The number of nitrogens with one attached hydrogen (secondary N) is 1. The summed E-state index contributed by atoms with van der Waals surface area (Å²) in [6.07, 6.45) is 1.79. The largest absolute Gasteiger partial charge is 0.467 e. The lowest BCUT2D eigenvalue weighted by Crippen LogP contribution is -2.28. The minimum atomic E-state index is -0.390. The Kier molecular flexibility index (Phi) is 4.96. The number of benzene rings is 1. The number of furan rings is 1. The molecular weight excluding hydrogens is 368 g/mol. The highest BCUT2D eigenvalue weighted by Crippen LogP contribution is 2.26. The van der Waals surface area contributed by atoms with Crippen LogP contribution in [0.15, 0.2) is 47.1 Å². The standard InChI is InChI=1S/C22H24N4O3/c1-14-6-8-18(9-7-14)26-16(3)21(15(2)24-26)23-22(28)17-11-20(27)25(12-17)13-19-5-4-10-29-19/h4-10,17H,11-13H2,1-3H3,(H,23,28)/t17-/m0/s1. The van der Waals surface area contributed by atoms with E-state index in [-0.39, 0.29) is 24.2 Å². The minimum absolute atomic E-state index is 0.0367. The number of carbonyl (C=O) groups is 2. The Morgan fingerprint density at radius 1 is 1.21 bits per heavy atom. The second-order valence-electron chi connectivity index (χ2n) is 7.54. The molecule has 0 unspecified atom stereocenters. The van der Waals surface area contributed by atoms with E-state index in [0.717, 1.165) is 17.1 Å². The molecule has 1 atom stereocenters. The van der Waals surface area contributed by atoms with Gasteiger partial charge in [-0.3, -0.25) is 9.59 Å². The van der Waals surface area contributed by atoms with E-state index in [1.807, 2.05) is 55.8 Å². The molecule has 0 saturated carbocycles. The molecule has 4 rings (SSSR count). The third kappa shape index (κ3) is 3.81. The van der Waals surface area contributed by atoms with Crippen molar-refractivity contribution in [1.82, 2.24) is 14.7 Å². The Labute approximate surface area is 169 Å². The number of aromatic nitrogens is 2. The van der Waals surface area contributed by atoms with Crippen molar-refractivity contribution in [2.75, 3.05) is 11.9 Å². The molecule has 1 N–H and O–H groups in total. The average molecular weight is 392 g/mol. The highest BCUT2D eigenvalue weighted by atomic mass is 16.3. The van der Waals surface area contributed by atoms with Gasteiger partial charge >= 0.3 is 0 Å². The van der Waals surface area contributed by atoms with Crippen LogP contribution in [0, 0.1) is 26.7 Å². The van der Waals surface area contributed by atoms with Gasteiger partial charge in [-0.2, -0.15) is 5.10 Å². The van der Waals surface area contributed by atoms with Gasteiger partial charge in [0.25, 0.3) is 0 Å². The quantitative estimate of drug-likeness (QED) is 0.722. The predicted molar refractivity (Wildman–Crippen MR) is 109 cm³/mol. The summed E-state index contributed by atoms with van der Waals surface area (Å²) in [5.41, 5.74) is 4.42.